The van der Waals surface area contributed by atoms with Crippen molar-refractivity contribution in [3.8, 4) is 11.1 Å². The number of halogens is 2. The molecule has 0 aliphatic heterocycles. The van der Waals surface area contributed by atoms with Crippen LogP contribution in [0.3, 0.4) is 0 Å². The van der Waals surface area contributed by atoms with E-state index in [9.17, 15) is 14.5 Å². The molecule has 0 saturated heterocycles. The molecule has 0 fully saturated rings. The number of hydrogen-bond donors (Lipinski definition) is 0. The Morgan fingerprint density at radius 2 is 1.95 bits per heavy atom. The van der Waals surface area contributed by atoms with E-state index in [1.165, 1.54) is 12.3 Å². The Morgan fingerprint density at radius 3 is 2.55 bits per heavy atom. The lowest BCUT2D eigenvalue weighted by Crippen LogP contribution is -2.01. The maximum absolute atomic E-state index is 13.9. The zero-order valence-corrected chi connectivity index (χ0v) is 12.0. The molecule has 0 spiro atoms. The number of hydrogen-bond acceptors (Lipinski definition) is 3. The highest BCUT2D eigenvalue weighted by atomic mass is 35.5. The second-order valence-corrected chi connectivity index (χ2v) is 5.04. The summed E-state index contributed by atoms with van der Waals surface area (Å²) in [7, 11) is 0. The van der Waals surface area contributed by atoms with Gasteiger partial charge in [0.1, 0.15) is 0 Å². The molecule has 0 atom stereocenters. The number of aromatic nitrogens is 1. The van der Waals surface area contributed by atoms with Crippen LogP contribution < -0.4 is 0 Å². The Labute approximate surface area is 120 Å². The predicted octanol–water partition coefficient (Wildman–Crippen LogP) is 4.37. The van der Waals surface area contributed by atoms with Crippen molar-refractivity contribution in [3.05, 3.63) is 56.1 Å². The average molecular weight is 295 g/mol. The lowest BCUT2D eigenvalue weighted by molar-refractivity contribution is -0.384. The average Bonchev–Trinajstić information content (AvgIpc) is 2.36. The quantitative estimate of drug-likeness (QED) is 0.469. The molecule has 2 rings (SSSR count). The molecule has 0 saturated carbocycles. The fourth-order valence-corrected chi connectivity index (χ4v) is 2.43. The minimum atomic E-state index is -0.774. The zero-order chi connectivity index (χ0) is 15.0. The first kappa shape index (κ1) is 14.4. The second-order valence-electron chi connectivity index (χ2n) is 4.63. The molecule has 0 unspecified atom stereocenters. The van der Waals surface area contributed by atoms with Crippen LogP contribution in [0.4, 0.5) is 10.1 Å². The van der Waals surface area contributed by atoms with E-state index in [0.29, 0.717) is 16.7 Å². The Hall–Kier alpha value is -2.01. The minimum absolute atomic E-state index is 0.0461. The van der Waals surface area contributed by atoms with Crippen molar-refractivity contribution in [2.75, 3.05) is 0 Å². The van der Waals surface area contributed by atoms with Gasteiger partial charge in [0.25, 0.3) is 5.69 Å². The molecule has 1 aromatic carbocycles. The van der Waals surface area contributed by atoms with Crippen molar-refractivity contribution in [1.29, 1.82) is 0 Å². The Balaban J connectivity index is 2.90. The van der Waals surface area contributed by atoms with Gasteiger partial charge in [-0.05, 0) is 44.0 Å². The SMILES string of the molecule is Cc1cnc(F)c(-c2c(Cl)cc(C)c(C)c2[N+](=O)[O-])c1. The summed E-state index contributed by atoms with van der Waals surface area (Å²) in [6.45, 7) is 5.08. The highest BCUT2D eigenvalue weighted by molar-refractivity contribution is 6.34. The van der Waals surface area contributed by atoms with Crippen LogP contribution in [0.15, 0.2) is 18.3 Å². The summed E-state index contributed by atoms with van der Waals surface area (Å²) in [6, 6.07) is 3.10. The number of benzene rings is 1. The lowest BCUT2D eigenvalue weighted by Gasteiger charge is -2.11. The van der Waals surface area contributed by atoms with Crippen LogP contribution in [-0.4, -0.2) is 9.91 Å². The summed E-state index contributed by atoms with van der Waals surface area (Å²) in [5.74, 6) is -0.774. The lowest BCUT2D eigenvalue weighted by atomic mass is 9.97. The molecule has 0 bridgehead atoms. The van der Waals surface area contributed by atoms with Gasteiger partial charge in [-0.3, -0.25) is 10.1 Å². The number of nitro groups is 1. The first-order valence-corrected chi connectivity index (χ1v) is 6.27. The molecule has 0 aliphatic rings. The van der Waals surface area contributed by atoms with Gasteiger partial charge in [-0.2, -0.15) is 4.39 Å². The highest BCUT2D eigenvalue weighted by Crippen LogP contribution is 2.41. The van der Waals surface area contributed by atoms with E-state index in [1.807, 2.05) is 0 Å². The van der Waals surface area contributed by atoms with Crippen molar-refractivity contribution < 1.29 is 9.31 Å². The smallest absolute Gasteiger partial charge is 0.258 e. The molecule has 104 valence electrons. The molecule has 1 aromatic heterocycles. The third kappa shape index (κ3) is 2.36. The molecule has 2 aromatic rings. The van der Waals surface area contributed by atoms with E-state index in [1.54, 1.807) is 26.8 Å². The molecular weight excluding hydrogens is 283 g/mol. The predicted molar refractivity (Wildman–Crippen MR) is 75.5 cm³/mol. The first-order valence-electron chi connectivity index (χ1n) is 5.89. The van der Waals surface area contributed by atoms with E-state index in [-0.39, 0.29) is 21.8 Å². The fourth-order valence-electron chi connectivity index (χ4n) is 2.07. The second kappa shape index (κ2) is 5.17. The molecular formula is C14H12ClFN2O2. The van der Waals surface area contributed by atoms with E-state index in [4.69, 9.17) is 11.6 Å². The van der Waals surface area contributed by atoms with E-state index in [0.717, 1.165) is 0 Å². The number of nitrogens with zero attached hydrogens (tertiary/aromatic N) is 2. The summed E-state index contributed by atoms with van der Waals surface area (Å²) in [5.41, 5.74) is 1.80. The summed E-state index contributed by atoms with van der Waals surface area (Å²) in [6.07, 6.45) is 1.36. The molecule has 0 radical (unpaired) electrons. The van der Waals surface area contributed by atoms with Gasteiger partial charge in [-0.1, -0.05) is 11.6 Å². The Kier molecular flexibility index (Phi) is 3.72. The van der Waals surface area contributed by atoms with Crippen LogP contribution in [0.25, 0.3) is 11.1 Å². The zero-order valence-electron chi connectivity index (χ0n) is 11.2. The summed E-state index contributed by atoms with van der Waals surface area (Å²) >= 11 is 6.11. The van der Waals surface area contributed by atoms with Crippen LogP contribution in [0.5, 0.6) is 0 Å². The topological polar surface area (TPSA) is 56.0 Å². The van der Waals surface area contributed by atoms with Gasteiger partial charge in [0, 0.05) is 17.3 Å². The van der Waals surface area contributed by atoms with Crippen LogP contribution >= 0.6 is 11.6 Å². The summed E-state index contributed by atoms with van der Waals surface area (Å²) in [5, 5.41) is 11.5. The Morgan fingerprint density at radius 1 is 1.30 bits per heavy atom. The molecule has 0 aliphatic carbocycles. The molecule has 0 N–H and O–H groups in total. The minimum Gasteiger partial charge on any atom is -0.258 e. The van der Waals surface area contributed by atoms with Crippen molar-refractivity contribution in [3.63, 3.8) is 0 Å². The van der Waals surface area contributed by atoms with E-state index >= 15 is 0 Å². The van der Waals surface area contributed by atoms with Gasteiger partial charge in [-0.15, -0.1) is 0 Å². The largest absolute Gasteiger partial charge is 0.282 e. The molecule has 1 heterocycles. The van der Waals surface area contributed by atoms with Crippen molar-refractivity contribution in [2.45, 2.75) is 20.8 Å². The van der Waals surface area contributed by atoms with Crippen LogP contribution in [0, 0.1) is 36.8 Å². The number of aryl methyl sites for hydroxylation is 2. The van der Waals surface area contributed by atoms with E-state index in [2.05, 4.69) is 4.98 Å². The number of nitro benzene ring substituents is 1. The maximum Gasteiger partial charge on any atom is 0.282 e. The van der Waals surface area contributed by atoms with Crippen molar-refractivity contribution in [1.82, 2.24) is 4.98 Å². The van der Waals surface area contributed by atoms with E-state index < -0.39 is 10.9 Å². The molecule has 0 amide bonds. The van der Waals surface area contributed by atoms with Crippen molar-refractivity contribution >= 4 is 17.3 Å². The molecule has 4 nitrogen and oxygen atoms in total. The first-order chi connectivity index (χ1) is 9.32. The normalized spacial score (nSPS) is 10.7. The van der Waals surface area contributed by atoms with Crippen LogP contribution in [0.2, 0.25) is 5.02 Å². The van der Waals surface area contributed by atoms with Crippen LogP contribution in [-0.2, 0) is 0 Å². The third-order valence-corrected chi connectivity index (χ3v) is 3.49. The maximum atomic E-state index is 13.9. The molecule has 20 heavy (non-hydrogen) atoms. The van der Waals surface area contributed by atoms with Gasteiger partial charge in [-0.25, -0.2) is 4.98 Å². The summed E-state index contributed by atoms with van der Waals surface area (Å²) < 4.78 is 13.9. The van der Waals surface area contributed by atoms with Gasteiger partial charge in [0.05, 0.1) is 15.5 Å². The van der Waals surface area contributed by atoms with Crippen molar-refractivity contribution in [2.24, 2.45) is 0 Å². The number of pyridine rings is 1. The van der Waals surface area contributed by atoms with Gasteiger partial charge >= 0.3 is 0 Å². The Bertz CT molecular complexity index is 717. The third-order valence-electron chi connectivity index (χ3n) is 3.19. The monoisotopic (exact) mass is 294 g/mol. The standard InChI is InChI=1S/C14H12ClFN2O2/c1-7-4-10(14(16)17-6-7)12-11(15)5-8(2)9(3)13(12)18(19)20/h4-6H,1-3H3. The van der Waals surface area contributed by atoms with Crippen LogP contribution in [0.1, 0.15) is 16.7 Å². The number of rotatable bonds is 2. The molecule has 6 heteroatoms. The van der Waals surface area contributed by atoms with Gasteiger partial charge < -0.3 is 0 Å². The van der Waals surface area contributed by atoms with Gasteiger partial charge in [0.15, 0.2) is 0 Å². The fraction of sp³-hybridized carbons (Fsp3) is 0.214. The summed E-state index contributed by atoms with van der Waals surface area (Å²) in [4.78, 5) is 14.4. The highest BCUT2D eigenvalue weighted by Gasteiger charge is 2.26. The van der Waals surface area contributed by atoms with Gasteiger partial charge in [0.2, 0.25) is 5.95 Å².